The lowest BCUT2D eigenvalue weighted by atomic mass is 10.1. The predicted molar refractivity (Wildman–Crippen MR) is 77.2 cm³/mol. The molecule has 0 spiro atoms. The molecule has 1 amide bonds. The summed E-state index contributed by atoms with van der Waals surface area (Å²) in [5, 5.41) is -0.237. The maximum Gasteiger partial charge on any atom is 0.238 e. The van der Waals surface area contributed by atoms with Crippen molar-refractivity contribution in [3.63, 3.8) is 0 Å². The van der Waals surface area contributed by atoms with E-state index < -0.39 is 9.84 Å². The quantitative estimate of drug-likeness (QED) is 0.765. The average molecular weight is 300 g/mol. The van der Waals surface area contributed by atoms with E-state index >= 15 is 0 Å². The van der Waals surface area contributed by atoms with Crippen molar-refractivity contribution >= 4 is 15.7 Å². The van der Waals surface area contributed by atoms with Gasteiger partial charge in [0.15, 0.2) is 9.84 Å². The van der Waals surface area contributed by atoms with Crippen LogP contribution in [-0.2, 0) is 14.6 Å². The fourth-order valence-corrected chi connectivity index (χ4v) is 5.14. The number of nitrogens with zero attached hydrogens (tertiary/aromatic N) is 2. The highest BCUT2D eigenvalue weighted by atomic mass is 32.2. The molecule has 6 heteroatoms. The molecule has 2 heterocycles. The molecule has 0 aromatic rings. The van der Waals surface area contributed by atoms with Crippen LogP contribution < -0.4 is 0 Å². The van der Waals surface area contributed by atoms with E-state index in [1.807, 2.05) is 4.90 Å². The molecule has 0 radical (unpaired) electrons. The fourth-order valence-electron chi connectivity index (χ4n) is 3.54. The van der Waals surface area contributed by atoms with E-state index in [0.29, 0.717) is 6.04 Å². The lowest BCUT2D eigenvalue weighted by Gasteiger charge is -2.43. The minimum absolute atomic E-state index is 0.171. The molecule has 2 atom stereocenters. The molecule has 0 bridgehead atoms. The van der Waals surface area contributed by atoms with Crippen LogP contribution in [0, 0.1) is 0 Å². The number of carbonyl (C=O) groups excluding carboxylic acids is 1. The van der Waals surface area contributed by atoms with E-state index in [1.165, 1.54) is 6.42 Å². The zero-order valence-corrected chi connectivity index (χ0v) is 12.9. The standard InChI is InChI=1S/C14H24N2O3S/c1-2-11-8-15-7-3-4-12(15)9-16(11)14(17)10-20(18,19)13-5-6-13/h11-13H,2-10H2,1H3. The van der Waals surface area contributed by atoms with E-state index in [1.54, 1.807) is 0 Å². The zero-order valence-electron chi connectivity index (χ0n) is 12.1. The minimum atomic E-state index is -3.19. The Morgan fingerprint density at radius 2 is 1.95 bits per heavy atom. The SMILES string of the molecule is CCC1CN2CCCC2CN1C(=O)CS(=O)(=O)C1CC1. The summed E-state index contributed by atoms with van der Waals surface area (Å²) in [6.07, 6.45) is 4.71. The Labute approximate surface area is 121 Å². The molecule has 2 saturated heterocycles. The van der Waals surface area contributed by atoms with Crippen molar-refractivity contribution in [2.24, 2.45) is 0 Å². The normalized spacial score (nSPS) is 31.4. The van der Waals surface area contributed by atoms with Crippen molar-refractivity contribution in [3.05, 3.63) is 0 Å². The van der Waals surface area contributed by atoms with Crippen LogP contribution in [0.2, 0.25) is 0 Å². The Hall–Kier alpha value is -0.620. The maximum atomic E-state index is 12.4. The number of sulfone groups is 1. The topological polar surface area (TPSA) is 57.7 Å². The lowest BCUT2D eigenvalue weighted by Crippen LogP contribution is -2.58. The molecule has 0 N–H and O–H groups in total. The number of rotatable bonds is 4. The molecular weight excluding hydrogens is 276 g/mol. The Balaban J connectivity index is 1.68. The minimum Gasteiger partial charge on any atom is -0.336 e. The number of amides is 1. The molecule has 0 aromatic carbocycles. The Kier molecular flexibility index (Phi) is 3.79. The van der Waals surface area contributed by atoms with Crippen molar-refractivity contribution in [1.82, 2.24) is 9.80 Å². The van der Waals surface area contributed by atoms with Crippen molar-refractivity contribution in [1.29, 1.82) is 0 Å². The summed E-state index contributed by atoms with van der Waals surface area (Å²) in [7, 11) is -3.19. The van der Waals surface area contributed by atoms with Crippen LogP contribution in [0.25, 0.3) is 0 Å². The highest BCUT2D eigenvalue weighted by Crippen LogP contribution is 2.30. The fraction of sp³-hybridized carbons (Fsp3) is 0.929. The first-order chi connectivity index (χ1) is 9.51. The first-order valence-electron chi connectivity index (χ1n) is 7.76. The van der Waals surface area contributed by atoms with Crippen LogP contribution in [0.4, 0.5) is 0 Å². The summed E-state index contributed by atoms with van der Waals surface area (Å²) in [5.41, 5.74) is 0. The second kappa shape index (κ2) is 5.30. The molecule has 114 valence electrons. The van der Waals surface area contributed by atoms with Crippen molar-refractivity contribution < 1.29 is 13.2 Å². The monoisotopic (exact) mass is 300 g/mol. The van der Waals surface area contributed by atoms with Gasteiger partial charge in [0.05, 0.1) is 5.25 Å². The van der Waals surface area contributed by atoms with Crippen LogP contribution in [0.5, 0.6) is 0 Å². The third kappa shape index (κ3) is 2.72. The summed E-state index contributed by atoms with van der Waals surface area (Å²) in [4.78, 5) is 16.8. The second-order valence-electron chi connectivity index (χ2n) is 6.41. The van der Waals surface area contributed by atoms with Gasteiger partial charge in [0, 0.05) is 25.2 Å². The number of hydrogen-bond acceptors (Lipinski definition) is 4. The van der Waals surface area contributed by atoms with Gasteiger partial charge in [0.2, 0.25) is 5.91 Å². The van der Waals surface area contributed by atoms with E-state index in [0.717, 1.165) is 45.3 Å². The molecule has 3 aliphatic rings. The van der Waals surface area contributed by atoms with Crippen LogP contribution in [-0.4, -0.2) is 66.8 Å². The first kappa shape index (κ1) is 14.3. The van der Waals surface area contributed by atoms with Gasteiger partial charge in [-0.1, -0.05) is 6.92 Å². The maximum absolute atomic E-state index is 12.4. The van der Waals surface area contributed by atoms with Crippen molar-refractivity contribution in [2.75, 3.05) is 25.4 Å². The number of hydrogen-bond donors (Lipinski definition) is 0. The summed E-state index contributed by atoms with van der Waals surface area (Å²) in [6.45, 7) is 4.84. The third-order valence-electron chi connectivity index (χ3n) is 4.94. The van der Waals surface area contributed by atoms with Crippen LogP contribution in [0.3, 0.4) is 0 Å². The molecule has 3 fully saturated rings. The van der Waals surface area contributed by atoms with Gasteiger partial charge in [-0.25, -0.2) is 8.42 Å². The number of piperazine rings is 1. The van der Waals surface area contributed by atoms with Crippen LogP contribution in [0.15, 0.2) is 0 Å². The van der Waals surface area contributed by atoms with Gasteiger partial charge in [0.1, 0.15) is 5.75 Å². The summed E-state index contributed by atoms with van der Waals surface area (Å²) < 4.78 is 24.0. The molecule has 3 rings (SSSR count). The summed E-state index contributed by atoms with van der Waals surface area (Å²) >= 11 is 0. The molecule has 0 aromatic heterocycles. The second-order valence-corrected chi connectivity index (χ2v) is 8.69. The smallest absolute Gasteiger partial charge is 0.238 e. The number of carbonyl (C=O) groups is 1. The van der Waals surface area contributed by atoms with Gasteiger partial charge in [-0.2, -0.15) is 0 Å². The Morgan fingerprint density at radius 3 is 2.60 bits per heavy atom. The van der Waals surface area contributed by atoms with Crippen molar-refractivity contribution in [2.45, 2.75) is 56.4 Å². The highest BCUT2D eigenvalue weighted by Gasteiger charge is 2.41. The largest absolute Gasteiger partial charge is 0.336 e. The van der Waals surface area contributed by atoms with Gasteiger partial charge in [-0.3, -0.25) is 9.69 Å². The molecule has 1 aliphatic carbocycles. The third-order valence-corrected chi connectivity index (χ3v) is 7.08. The molecule has 2 unspecified atom stereocenters. The molecule has 2 aliphatic heterocycles. The van der Waals surface area contributed by atoms with E-state index in [-0.39, 0.29) is 23.0 Å². The highest BCUT2D eigenvalue weighted by molar-refractivity contribution is 7.93. The lowest BCUT2D eigenvalue weighted by molar-refractivity contribution is -0.134. The van der Waals surface area contributed by atoms with E-state index in [9.17, 15) is 13.2 Å². The molecular formula is C14H24N2O3S. The Bertz CT molecular complexity index is 487. The summed E-state index contributed by atoms with van der Waals surface area (Å²) in [6, 6.07) is 0.636. The molecule has 20 heavy (non-hydrogen) atoms. The molecule has 1 saturated carbocycles. The van der Waals surface area contributed by atoms with Gasteiger partial charge >= 0.3 is 0 Å². The molecule has 5 nitrogen and oxygen atoms in total. The van der Waals surface area contributed by atoms with Crippen LogP contribution in [0.1, 0.15) is 39.0 Å². The number of fused-ring (bicyclic) bond motifs is 1. The van der Waals surface area contributed by atoms with E-state index in [2.05, 4.69) is 11.8 Å². The van der Waals surface area contributed by atoms with Gasteiger partial charge < -0.3 is 4.90 Å². The van der Waals surface area contributed by atoms with E-state index in [4.69, 9.17) is 0 Å². The van der Waals surface area contributed by atoms with Crippen molar-refractivity contribution in [3.8, 4) is 0 Å². The summed E-state index contributed by atoms with van der Waals surface area (Å²) in [5.74, 6) is -0.448. The predicted octanol–water partition coefficient (Wildman–Crippen LogP) is 0.649. The van der Waals surface area contributed by atoms with Gasteiger partial charge in [-0.15, -0.1) is 0 Å². The average Bonchev–Trinajstić information content (AvgIpc) is 3.17. The van der Waals surface area contributed by atoms with Crippen LogP contribution >= 0.6 is 0 Å². The van der Waals surface area contributed by atoms with Gasteiger partial charge in [0.25, 0.3) is 0 Å². The van der Waals surface area contributed by atoms with Gasteiger partial charge in [-0.05, 0) is 38.6 Å². The Morgan fingerprint density at radius 1 is 1.20 bits per heavy atom. The first-order valence-corrected chi connectivity index (χ1v) is 9.48. The zero-order chi connectivity index (χ0) is 14.3.